The van der Waals surface area contributed by atoms with Crippen LogP contribution in [-0.2, 0) is 0 Å². The number of hydrogen-bond donors (Lipinski definition) is 0. The summed E-state index contributed by atoms with van der Waals surface area (Å²) in [4.78, 5) is 13.3. The Balaban J connectivity index is 2.17. The Hall–Kier alpha value is -3.06. The fraction of sp³-hybridized carbons (Fsp3) is 0.150. The van der Waals surface area contributed by atoms with E-state index in [1.54, 1.807) is 11.7 Å². The Morgan fingerprint density at radius 3 is 2.81 bits per heavy atom. The predicted molar refractivity (Wildman–Crippen MR) is 108 cm³/mol. The third-order valence-electron chi connectivity index (χ3n) is 4.30. The van der Waals surface area contributed by atoms with Gasteiger partial charge < -0.3 is 4.74 Å². The van der Waals surface area contributed by atoms with Crippen molar-refractivity contribution in [3.63, 3.8) is 0 Å². The van der Waals surface area contributed by atoms with Gasteiger partial charge in [0.05, 0.1) is 23.7 Å². The van der Waals surface area contributed by atoms with Crippen molar-refractivity contribution in [2.75, 3.05) is 12.9 Å². The zero-order valence-electron chi connectivity index (χ0n) is 15.0. The summed E-state index contributed by atoms with van der Waals surface area (Å²) in [5.74, 6) is 1.75. The van der Waals surface area contributed by atoms with Crippen LogP contribution in [0.3, 0.4) is 0 Å². The van der Waals surface area contributed by atoms with E-state index < -0.39 is 0 Å². The molecule has 0 fully saturated rings. The molecule has 0 aliphatic carbocycles. The average molecular weight is 378 g/mol. The van der Waals surface area contributed by atoms with E-state index in [9.17, 15) is 4.79 Å². The van der Waals surface area contributed by atoms with Crippen molar-refractivity contribution in [1.82, 2.24) is 19.2 Å². The molecule has 2 aromatic carbocycles. The lowest BCUT2D eigenvalue weighted by atomic mass is 10.2. The number of benzene rings is 2. The Morgan fingerprint density at radius 1 is 1.22 bits per heavy atom. The molecule has 0 unspecified atom stereocenters. The number of aromatic nitrogens is 4. The van der Waals surface area contributed by atoms with Gasteiger partial charge >= 0.3 is 0 Å². The van der Waals surface area contributed by atoms with E-state index in [0.717, 1.165) is 11.1 Å². The van der Waals surface area contributed by atoms with Crippen molar-refractivity contribution in [3.05, 3.63) is 71.0 Å². The number of rotatable bonds is 5. The van der Waals surface area contributed by atoms with E-state index in [1.165, 1.54) is 11.8 Å². The van der Waals surface area contributed by atoms with E-state index in [2.05, 4.69) is 16.8 Å². The zero-order chi connectivity index (χ0) is 19.0. The second-order valence-electron chi connectivity index (χ2n) is 6.05. The fourth-order valence-corrected chi connectivity index (χ4v) is 3.77. The lowest BCUT2D eigenvalue weighted by molar-refractivity contribution is 0.412. The number of thioether (sulfide) groups is 1. The smallest absolute Gasteiger partial charge is 0.267 e. The summed E-state index contributed by atoms with van der Waals surface area (Å²) < 4.78 is 8.98. The minimum atomic E-state index is -0.158. The highest BCUT2D eigenvalue weighted by atomic mass is 32.2. The number of nitrogens with zero attached hydrogens (tertiary/aromatic N) is 4. The van der Waals surface area contributed by atoms with Crippen LogP contribution in [0.2, 0.25) is 0 Å². The first-order valence-electron chi connectivity index (χ1n) is 8.43. The minimum absolute atomic E-state index is 0.158. The van der Waals surface area contributed by atoms with Crippen LogP contribution in [0.5, 0.6) is 5.75 Å². The van der Waals surface area contributed by atoms with Crippen LogP contribution < -0.4 is 10.3 Å². The summed E-state index contributed by atoms with van der Waals surface area (Å²) in [7, 11) is 1.59. The van der Waals surface area contributed by atoms with Gasteiger partial charge in [-0.2, -0.15) is 0 Å². The highest BCUT2D eigenvalue weighted by Crippen LogP contribution is 2.27. The van der Waals surface area contributed by atoms with Crippen LogP contribution in [-0.4, -0.2) is 32.0 Å². The third kappa shape index (κ3) is 2.80. The van der Waals surface area contributed by atoms with Gasteiger partial charge in [-0.1, -0.05) is 36.0 Å². The Labute approximate surface area is 160 Å². The second-order valence-corrected chi connectivity index (χ2v) is 7.04. The van der Waals surface area contributed by atoms with Crippen molar-refractivity contribution in [2.24, 2.45) is 0 Å². The molecule has 0 bridgehead atoms. The summed E-state index contributed by atoms with van der Waals surface area (Å²) in [6.45, 7) is 5.74. The molecule has 0 spiro atoms. The number of ether oxygens (including phenoxy) is 1. The van der Waals surface area contributed by atoms with Crippen LogP contribution in [0.15, 0.2) is 65.1 Å². The highest BCUT2D eigenvalue weighted by molar-refractivity contribution is 7.99. The summed E-state index contributed by atoms with van der Waals surface area (Å²) in [6, 6.07) is 13.2. The van der Waals surface area contributed by atoms with E-state index in [0.29, 0.717) is 33.5 Å². The lowest BCUT2D eigenvalue weighted by Gasteiger charge is -2.14. The van der Waals surface area contributed by atoms with Crippen molar-refractivity contribution in [3.8, 4) is 11.4 Å². The van der Waals surface area contributed by atoms with Crippen molar-refractivity contribution >= 4 is 28.4 Å². The summed E-state index contributed by atoms with van der Waals surface area (Å²) >= 11 is 1.52. The quantitative estimate of drug-likeness (QED) is 0.392. The summed E-state index contributed by atoms with van der Waals surface area (Å²) in [5.41, 5.74) is 2.28. The van der Waals surface area contributed by atoms with Gasteiger partial charge in [0.15, 0.2) is 5.16 Å². The number of hydrogen-bond acceptors (Lipinski definition) is 5. The van der Waals surface area contributed by atoms with Crippen LogP contribution in [0.4, 0.5) is 0 Å². The number of fused-ring (bicyclic) bond motifs is 3. The maximum absolute atomic E-state index is 13.3. The molecule has 27 heavy (non-hydrogen) atoms. The molecule has 0 radical (unpaired) electrons. The van der Waals surface area contributed by atoms with Gasteiger partial charge in [0.25, 0.3) is 5.56 Å². The Kier molecular flexibility index (Phi) is 4.45. The number of methoxy groups -OCH3 is 1. The maximum atomic E-state index is 13.3. The predicted octanol–water partition coefficient (Wildman–Crippen LogP) is 3.63. The molecule has 2 heterocycles. The Morgan fingerprint density at radius 2 is 2.04 bits per heavy atom. The van der Waals surface area contributed by atoms with Gasteiger partial charge in [-0.3, -0.25) is 9.20 Å². The molecular weight excluding hydrogens is 360 g/mol. The van der Waals surface area contributed by atoms with Crippen LogP contribution >= 0.6 is 11.8 Å². The first-order valence-corrected chi connectivity index (χ1v) is 9.42. The SMILES string of the molecule is C=CCSc1nnc2n(-c3cc(C)ccc3OC)c(=O)c3ccccc3n12. The third-order valence-corrected chi connectivity index (χ3v) is 5.23. The molecule has 0 atom stereocenters. The van der Waals surface area contributed by atoms with Crippen molar-refractivity contribution in [2.45, 2.75) is 12.1 Å². The van der Waals surface area contributed by atoms with Crippen LogP contribution in [0.1, 0.15) is 5.56 Å². The summed E-state index contributed by atoms with van der Waals surface area (Å²) in [5, 5.41) is 9.95. The molecule has 0 saturated heterocycles. The molecule has 4 aromatic rings. The monoisotopic (exact) mass is 378 g/mol. The van der Waals surface area contributed by atoms with Gasteiger partial charge in [0.1, 0.15) is 5.75 Å². The van der Waals surface area contributed by atoms with E-state index in [-0.39, 0.29) is 5.56 Å². The standard InChI is InChI=1S/C20H18N4O2S/c1-4-11-27-20-22-21-19-23(16-12-13(2)9-10-17(16)26-3)18(25)14-7-5-6-8-15(14)24(19)20/h4-10,12H,1,11H2,2-3H3. The Bertz CT molecular complexity index is 1230. The molecule has 0 aliphatic heterocycles. The molecule has 0 N–H and O–H groups in total. The first kappa shape index (κ1) is 17.4. The molecule has 0 aliphatic rings. The summed E-state index contributed by atoms with van der Waals surface area (Å²) in [6.07, 6.45) is 1.81. The zero-order valence-corrected chi connectivity index (χ0v) is 15.9. The van der Waals surface area contributed by atoms with Gasteiger partial charge in [-0.05, 0) is 36.8 Å². The highest BCUT2D eigenvalue weighted by Gasteiger charge is 2.19. The minimum Gasteiger partial charge on any atom is -0.495 e. The second kappa shape index (κ2) is 6.92. The van der Waals surface area contributed by atoms with E-state index >= 15 is 0 Å². The van der Waals surface area contributed by atoms with Gasteiger partial charge in [0.2, 0.25) is 5.78 Å². The number of aryl methyl sites for hydroxylation is 1. The normalized spacial score (nSPS) is 11.2. The maximum Gasteiger partial charge on any atom is 0.267 e. The molecule has 0 saturated carbocycles. The molecule has 0 amide bonds. The number of para-hydroxylation sites is 1. The van der Waals surface area contributed by atoms with Crippen LogP contribution in [0, 0.1) is 6.92 Å². The topological polar surface area (TPSA) is 61.4 Å². The van der Waals surface area contributed by atoms with Gasteiger partial charge in [-0.25, -0.2) is 4.57 Å². The first-order chi connectivity index (χ1) is 13.2. The van der Waals surface area contributed by atoms with Crippen molar-refractivity contribution in [1.29, 1.82) is 0 Å². The largest absolute Gasteiger partial charge is 0.495 e. The molecule has 6 nitrogen and oxygen atoms in total. The molecule has 7 heteroatoms. The average Bonchev–Trinajstić information content (AvgIpc) is 3.10. The van der Waals surface area contributed by atoms with Crippen molar-refractivity contribution < 1.29 is 4.74 Å². The molecule has 136 valence electrons. The molecular formula is C20H18N4O2S. The molecule has 2 aromatic heterocycles. The van der Waals surface area contributed by atoms with E-state index in [1.807, 2.05) is 59.9 Å². The van der Waals surface area contributed by atoms with E-state index in [4.69, 9.17) is 4.74 Å². The van der Waals surface area contributed by atoms with Crippen LogP contribution in [0.25, 0.3) is 22.4 Å². The molecule has 4 rings (SSSR count). The lowest BCUT2D eigenvalue weighted by Crippen LogP contribution is -2.22. The van der Waals surface area contributed by atoms with Gasteiger partial charge in [0, 0.05) is 5.75 Å². The fourth-order valence-electron chi connectivity index (χ4n) is 3.10. The van der Waals surface area contributed by atoms with Gasteiger partial charge in [-0.15, -0.1) is 16.8 Å².